The van der Waals surface area contributed by atoms with Crippen molar-refractivity contribution in [3.05, 3.63) is 59.2 Å². The highest BCUT2D eigenvalue weighted by molar-refractivity contribution is 5.88. The maximum atomic E-state index is 13.3. The van der Waals surface area contributed by atoms with Crippen molar-refractivity contribution in [2.75, 3.05) is 13.7 Å². The van der Waals surface area contributed by atoms with Crippen molar-refractivity contribution in [2.24, 2.45) is 0 Å². The summed E-state index contributed by atoms with van der Waals surface area (Å²) >= 11 is 0. The third-order valence-electron chi connectivity index (χ3n) is 5.74. The normalized spacial score (nSPS) is 12.6. The van der Waals surface area contributed by atoms with Gasteiger partial charge in [0.25, 0.3) is 5.91 Å². The summed E-state index contributed by atoms with van der Waals surface area (Å²) in [6.07, 6.45) is 1.33. The lowest BCUT2D eigenvalue weighted by molar-refractivity contribution is -0.143. The van der Waals surface area contributed by atoms with Gasteiger partial charge in [-0.05, 0) is 74.6 Å². The van der Waals surface area contributed by atoms with Crippen LogP contribution in [0, 0.1) is 13.8 Å². The van der Waals surface area contributed by atoms with E-state index in [0.717, 1.165) is 28.9 Å². The summed E-state index contributed by atoms with van der Waals surface area (Å²) in [6.45, 7) is 10.1. The molecule has 2 aromatic carbocycles. The molecule has 0 saturated heterocycles. The molecule has 6 nitrogen and oxygen atoms in total. The zero-order valence-corrected chi connectivity index (χ0v) is 20.1. The van der Waals surface area contributed by atoms with Crippen LogP contribution in [0.3, 0.4) is 0 Å². The van der Waals surface area contributed by atoms with Crippen LogP contribution in [-0.2, 0) is 16.1 Å². The maximum absolute atomic E-state index is 13.3. The Balaban J connectivity index is 2.22. The Bertz CT molecular complexity index is 895. The number of aryl methyl sites for hydroxylation is 2. The van der Waals surface area contributed by atoms with Crippen LogP contribution in [0.4, 0.5) is 0 Å². The lowest BCUT2D eigenvalue weighted by atomic mass is 10.1. The minimum Gasteiger partial charge on any atom is -0.497 e. The number of benzene rings is 2. The zero-order chi connectivity index (χ0) is 23.7. The Morgan fingerprint density at radius 2 is 1.62 bits per heavy atom. The van der Waals surface area contributed by atoms with Crippen LogP contribution in [0.2, 0.25) is 0 Å². The summed E-state index contributed by atoms with van der Waals surface area (Å²) in [7, 11) is 1.61. The number of nitrogens with zero attached hydrogens (tertiary/aromatic N) is 1. The van der Waals surface area contributed by atoms with Crippen LogP contribution in [0.25, 0.3) is 0 Å². The predicted molar refractivity (Wildman–Crippen MR) is 127 cm³/mol. The first kappa shape index (κ1) is 25.2. The summed E-state index contributed by atoms with van der Waals surface area (Å²) in [5.74, 6) is 1.01. The maximum Gasteiger partial charge on any atom is 0.261 e. The quantitative estimate of drug-likeness (QED) is 0.562. The van der Waals surface area contributed by atoms with Gasteiger partial charge in [-0.3, -0.25) is 9.59 Å². The highest BCUT2D eigenvalue weighted by Gasteiger charge is 2.29. The van der Waals surface area contributed by atoms with E-state index in [1.807, 2.05) is 77.1 Å². The van der Waals surface area contributed by atoms with Gasteiger partial charge in [0.1, 0.15) is 17.5 Å². The molecule has 0 fully saturated rings. The van der Waals surface area contributed by atoms with Gasteiger partial charge >= 0.3 is 0 Å². The third-order valence-corrected chi connectivity index (χ3v) is 5.74. The average Bonchev–Trinajstić information content (AvgIpc) is 2.79. The van der Waals surface area contributed by atoms with E-state index in [2.05, 4.69) is 5.32 Å². The molecule has 1 N–H and O–H groups in total. The molecule has 2 amide bonds. The Morgan fingerprint density at radius 1 is 0.969 bits per heavy atom. The third kappa shape index (κ3) is 7.01. The number of hydrogen-bond acceptors (Lipinski definition) is 4. The summed E-state index contributed by atoms with van der Waals surface area (Å²) in [5, 5.41) is 3.01. The van der Waals surface area contributed by atoms with Crippen molar-refractivity contribution in [3.63, 3.8) is 0 Å². The molecule has 0 aliphatic rings. The molecule has 0 bridgehead atoms. The van der Waals surface area contributed by atoms with Crippen molar-refractivity contribution in [2.45, 2.75) is 66.1 Å². The molecule has 2 unspecified atom stereocenters. The van der Waals surface area contributed by atoms with Crippen LogP contribution in [-0.4, -0.2) is 42.5 Å². The second kappa shape index (κ2) is 12.1. The van der Waals surface area contributed by atoms with Crippen LogP contribution in [0.5, 0.6) is 11.5 Å². The number of hydrogen-bond donors (Lipinski definition) is 1. The number of rotatable bonds is 11. The van der Waals surface area contributed by atoms with Gasteiger partial charge in [-0.2, -0.15) is 0 Å². The second-order valence-corrected chi connectivity index (χ2v) is 8.15. The molecule has 0 saturated carbocycles. The first-order valence-electron chi connectivity index (χ1n) is 11.2. The standard InChI is InChI=1S/C26H36N2O4/c1-7-20(5)27-26(30)24(8-2)28(16-21-10-13-22(31-6)14-11-21)25(29)17-32-23-12-9-18(3)19(4)15-23/h9-15,20,24H,7-8,16-17H2,1-6H3,(H,27,30). The lowest BCUT2D eigenvalue weighted by Gasteiger charge is -2.31. The Morgan fingerprint density at radius 3 is 2.19 bits per heavy atom. The Hall–Kier alpha value is -3.02. The molecule has 174 valence electrons. The molecule has 0 radical (unpaired) electrons. The number of nitrogens with one attached hydrogen (secondary N) is 1. The molecule has 0 heterocycles. The van der Waals surface area contributed by atoms with Gasteiger partial charge in [0.15, 0.2) is 6.61 Å². The lowest BCUT2D eigenvalue weighted by Crippen LogP contribution is -2.51. The predicted octanol–water partition coefficient (Wildman–Crippen LogP) is 4.41. The number of carbonyl (C=O) groups excluding carboxylic acids is 2. The Labute approximate surface area is 191 Å². The van der Waals surface area contributed by atoms with E-state index in [1.54, 1.807) is 12.0 Å². The van der Waals surface area contributed by atoms with Gasteiger partial charge in [-0.25, -0.2) is 0 Å². The zero-order valence-electron chi connectivity index (χ0n) is 20.1. The van der Waals surface area contributed by atoms with Gasteiger partial charge < -0.3 is 19.7 Å². The monoisotopic (exact) mass is 440 g/mol. The largest absolute Gasteiger partial charge is 0.497 e. The van der Waals surface area contributed by atoms with Gasteiger partial charge in [0, 0.05) is 12.6 Å². The van der Waals surface area contributed by atoms with Crippen molar-refractivity contribution < 1.29 is 19.1 Å². The molecule has 2 aromatic rings. The molecule has 0 aromatic heterocycles. The molecule has 6 heteroatoms. The second-order valence-electron chi connectivity index (χ2n) is 8.15. The summed E-state index contributed by atoms with van der Waals surface area (Å²) < 4.78 is 11.0. The van der Waals surface area contributed by atoms with E-state index in [-0.39, 0.29) is 24.5 Å². The van der Waals surface area contributed by atoms with E-state index in [4.69, 9.17) is 9.47 Å². The minimum absolute atomic E-state index is 0.0428. The Kier molecular flexibility index (Phi) is 9.57. The smallest absolute Gasteiger partial charge is 0.261 e. The van der Waals surface area contributed by atoms with Crippen LogP contribution < -0.4 is 14.8 Å². The van der Waals surface area contributed by atoms with Crippen molar-refractivity contribution >= 4 is 11.8 Å². The summed E-state index contributed by atoms with van der Waals surface area (Å²) in [4.78, 5) is 27.8. The van der Waals surface area contributed by atoms with Crippen LogP contribution >= 0.6 is 0 Å². The SMILES string of the molecule is CCC(C)NC(=O)C(CC)N(Cc1ccc(OC)cc1)C(=O)COc1ccc(C)c(C)c1. The molecular formula is C26H36N2O4. The molecule has 2 rings (SSSR count). The molecule has 2 atom stereocenters. The van der Waals surface area contributed by atoms with E-state index in [9.17, 15) is 9.59 Å². The van der Waals surface area contributed by atoms with E-state index >= 15 is 0 Å². The van der Waals surface area contributed by atoms with Gasteiger partial charge in [0.05, 0.1) is 7.11 Å². The topological polar surface area (TPSA) is 67.9 Å². The number of amides is 2. The molecular weight excluding hydrogens is 404 g/mol. The van der Waals surface area contributed by atoms with Gasteiger partial charge in [-0.1, -0.05) is 32.0 Å². The van der Waals surface area contributed by atoms with E-state index < -0.39 is 6.04 Å². The van der Waals surface area contributed by atoms with E-state index in [1.165, 1.54) is 0 Å². The fraction of sp³-hybridized carbons (Fsp3) is 0.462. The van der Waals surface area contributed by atoms with E-state index in [0.29, 0.717) is 18.7 Å². The van der Waals surface area contributed by atoms with Crippen LogP contribution in [0.15, 0.2) is 42.5 Å². The molecule has 0 aliphatic heterocycles. The number of methoxy groups -OCH3 is 1. The van der Waals surface area contributed by atoms with Gasteiger partial charge in [-0.15, -0.1) is 0 Å². The fourth-order valence-electron chi connectivity index (χ4n) is 3.32. The molecule has 0 spiro atoms. The first-order chi connectivity index (χ1) is 15.3. The average molecular weight is 441 g/mol. The van der Waals surface area contributed by atoms with Crippen LogP contribution in [0.1, 0.15) is 50.3 Å². The van der Waals surface area contributed by atoms with Crippen molar-refractivity contribution in [3.8, 4) is 11.5 Å². The molecule has 32 heavy (non-hydrogen) atoms. The first-order valence-corrected chi connectivity index (χ1v) is 11.2. The summed E-state index contributed by atoms with van der Waals surface area (Å²) in [5.41, 5.74) is 3.18. The number of ether oxygens (including phenoxy) is 2. The highest BCUT2D eigenvalue weighted by Crippen LogP contribution is 2.19. The molecule has 0 aliphatic carbocycles. The fourth-order valence-corrected chi connectivity index (χ4v) is 3.32. The minimum atomic E-state index is -0.582. The van der Waals surface area contributed by atoms with Gasteiger partial charge in [0.2, 0.25) is 5.91 Å². The number of carbonyl (C=O) groups is 2. The summed E-state index contributed by atoms with van der Waals surface area (Å²) in [6, 6.07) is 12.7. The van der Waals surface area contributed by atoms with Crippen molar-refractivity contribution in [1.82, 2.24) is 10.2 Å². The van der Waals surface area contributed by atoms with Crippen molar-refractivity contribution in [1.29, 1.82) is 0 Å². The highest BCUT2D eigenvalue weighted by atomic mass is 16.5.